The van der Waals surface area contributed by atoms with Crippen molar-refractivity contribution >= 4 is 15.7 Å². The summed E-state index contributed by atoms with van der Waals surface area (Å²) in [6.07, 6.45) is -4.34. The second kappa shape index (κ2) is 7.61. The van der Waals surface area contributed by atoms with E-state index < -0.39 is 22.1 Å². The minimum absolute atomic E-state index is 0.0129. The lowest BCUT2D eigenvalue weighted by Crippen LogP contribution is -2.41. The summed E-state index contributed by atoms with van der Waals surface area (Å²) >= 11 is 0. The largest absolute Gasteiger partial charge is 0.573 e. The second-order valence-electron chi connectivity index (χ2n) is 5.90. The van der Waals surface area contributed by atoms with Gasteiger partial charge in [0, 0.05) is 18.2 Å². The Kier molecular flexibility index (Phi) is 5.94. The van der Waals surface area contributed by atoms with Gasteiger partial charge in [-0.05, 0) is 19.5 Å². The zero-order valence-corrected chi connectivity index (χ0v) is 14.4. The van der Waals surface area contributed by atoms with Crippen LogP contribution in [0, 0.1) is 0 Å². The molecular formula is C15H19F3N2O4S. The fourth-order valence-electron chi connectivity index (χ4n) is 2.60. The molecule has 0 saturated carbocycles. The molecule has 1 fully saturated rings. The monoisotopic (exact) mass is 380 g/mol. The fraction of sp³-hybridized carbons (Fsp3) is 0.533. The van der Waals surface area contributed by atoms with Gasteiger partial charge >= 0.3 is 6.36 Å². The van der Waals surface area contributed by atoms with Crippen molar-refractivity contribution in [3.63, 3.8) is 0 Å². The van der Waals surface area contributed by atoms with Crippen LogP contribution in [0.2, 0.25) is 0 Å². The molecule has 1 aliphatic rings. The van der Waals surface area contributed by atoms with Crippen LogP contribution in [0.25, 0.3) is 0 Å². The number of amides is 1. The number of carbonyl (C=O) groups is 1. The van der Waals surface area contributed by atoms with Crippen molar-refractivity contribution in [3.8, 4) is 5.75 Å². The molecule has 10 heteroatoms. The van der Waals surface area contributed by atoms with Crippen molar-refractivity contribution in [2.75, 3.05) is 25.1 Å². The summed E-state index contributed by atoms with van der Waals surface area (Å²) in [7, 11) is -1.41. The second-order valence-corrected chi connectivity index (χ2v) is 8.13. The molecule has 1 saturated heterocycles. The van der Waals surface area contributed by atoms with Crippen molar-refractivity contribution in [1.82, 2.24) is 10.2 Å². The predicted molar refractivity (Wildman–Crippen MR) is 84.7 cm³/mol. The Hall–Kier alpha value is -1.81. The van der Waals surface area contributed by atoms with E-state index in [1.807, 2.05) is 0 Å². The van der Waals surface area contributed by atoms with Gasteiger partial charge in [-0.1, -0.05) is 18.2 Å². The maximum atomic E-state index is 12.4. The number of nitrogens with one attached hydrogen (secondary N) is 1. The normalized spacial score (nSPS) is 19.8. The number of halogens is 3. The number of para-hydroxylation sites is 1. The minimum atomic E-state index is -4.81. The Bertz CT molecular complexity index is 722. The SMILES string of the molecule is CN(CC(=O)NCc1ccccc1OC(F)(F)F)C1CCS(=O)(=O)C1. The first kappa shape index (κ1) is 19.5. The van der Waals surface area contributed by atoms with Crippen LogP contribution in [0.3, 0.4) is 0 Å². The van der Waals surface area contributed by atoms with Crippen LogP contribution in [0.15, 0.2) is 24.3 Å². The Balaban J connectivity index is 1.88. The topological polar surface area (TPSA) is 75.7 Å². The van der Waals surface area contributed by atoms with Crippen LogP contribution in [0.4, 0.5) is 13.2 Å². The standard InChI is InChI=1S/C15H19F3N2O4S/c1-20(12-6-7-25(22,23)10-12)9-14(21)19-8-11-4-2-3-5-13(11)24-15(16,17)18/h2-5,12H,6-10H2,1H3,(H,19,21). The molecule has 1 unspecified atom stereocenters. The van der Waals surface area contributed by atoms with Gasteiger partial charge in [0.2, 0.25) is 5.91 Å². The first-order valence-corrected chi connectivity index (χ1v) is 9.39. The molecule has 1 aromatic carbocycles. The molecule has 2 rings (SSSR count). The lowest BCUT2D eigenvalue weighted by atomic mass is 10.2. The van der Waals surface area contributed by atoms with E-state index in [2.05, 4.69) is 10.1 Å². The Labute approximate surface area is 143 Å². The summed E-state index contributed by atoms with van der Waals surface area (Å²) in [4.78, 5) is 13.6. The number of hydrogen-bond donors (Lipinski definition) is 1. The van der Waals surface area contributed by atoms with Gasteiger partial charge in [0.25, 0.3) is 0 Å². The molecule has 1 N–H and O–H groups in total. The Morgan fingerprint density at radius 2 is 2.04 bits per heavy atom. The van der Waals surface area contributed by atoms with Crippen molar-refractivity contribution in [1.29, 1.82) is 0 Å². The molecule has 1 amide bonds. The number of carbonyl (C=O) groups excluding carboxylic acids is 1. The quantitative estimate of drug-likeness (QED) is 0.806. The summed E-state index contributed by atoms with van der Waals surface area (Å²) < 4.78 is 63.9. The van der Waals surface area contributed by atoms with Crippen LogP contribution in [0.5, 0.6) is 5.75 Å². The highest BCUT2D eigenvalue weighted by molar-refractivity contribution is 7.91. The molecule has 1 aromatic rings. The highest BCUT2D eigenvalue weighted by Crippen LogP contribution is 2.26. The summed E-state index contributed by atoms with van der Waals surface area (Å²) in [5, 5.41) is 2.52. The van der Waals surface area contributed by atoms with Gasteiger partial charge in [-0.25, -0.2) is 8.42 Å². The Morgan fingerprint density at radius 3 is 2.64 bits per heavy atom. The number of ether oxygens (including phenoxy) is 1. The van der Waals surface area contributed by atoms with Crippen molar-refractivity contribution in [2.24, 2.45) is 0 Å². The van der Waals surface area contributed by atoms with Crippen LogP contribution in [0.1, 0.15) is 12.0 Å². The van der Waals surface area contributed by atoms with Crippen molar-refractivity contribution in [2.45, 2.75) is 25.4 Å². The van der Waals surface area contributed by atoms with Gasteiger partial charge in [0.05, 0.1) is 18.1 Å². The molecule has 1 aliphatic heterocycles. The third-order valence-corrected chi connectivity index (χ3v) is 5.65. The van der Waals surface area contributed by atoms with E-state index in [4.69, 9.17) is 0 Å². The van der Waals surface area contributed by atoms with Crippen LogP contribution >= 0.6 is 0 Å². The number of likely N-dealkylation sites (N-methyl/N-ethyl adjacent to an activating group) is 1. The molecule has 1 heterocycles. The zero-order valence-electron chi connectivity index (χ0n) is 13.5. The fourth-order valence-corrected chi connectivity index (χ4v) is 4.41. The van der Waals surface area contributed by atoms with Crippen LogP contribution in [-0.4, -0.2) is 56.7 Å². The molecule has 0 aromatic heterocycles. The van der Waals surface area contributed by atoms with Gasteiger partial charge in [-0.3, -0.25) is 9.69 Å². The van der Waals surface area contributed by atoms with E-state index >= 15 is 0 Å². The van der Waals surface area contributed by atoms with Crippen LogP contribution in [-0.2, 0) is 21.2 Å². The molecule has 0 aliphatic carbocycles. The third kappa shape index (κ3) is 6.20. The summed E-state index contributed by atoms with van der Waals surface area (Å²) in [5.41, 5.74) is 0.194. The zero-order chi connectivity index (χ0) is 18.7. The Morgan fingerprint density at radius 1 is 1.36 bits per heavy atom. The highest BCUT2D eigenvalue weighted by atomic mass is 32.2. The smallest absolute Gasteiger partial charge is 0.405 e. The van der Waals surface area contributed by atoms with E-state index in [0.29, 0.717) is 6.42 Å². The van der Waals surface area contributed by atoms with E-state index in [1.165, 1.54) is 18.2 Å². The summed E-state index contributed by atoms with van der Waals surface area (Å²) in [6, 6.07) is 5.32. The average Bonchev–Trinajstić information content (AvgIpc) is 2.85. The first-order valence-electron chi connectivity index (χ1n) is 7.57. The first-order chi connectivity index (χ1) is 11.6. The van der Waals surface area contributed by atoms with Gasteiger partial charge in [-0.15, -0.1) is 13.2 Å². The maximum Gasteiger partial charge on any atom is 0.573 e. The molecule has 1 atom stereocenters. The van der Waals surface area contributed by atoms with E-state index in [-0.39, 0.29) is 42.0 Å². The van der Waals surface area contributed by atoms with Gasteiger partial charge in [0.15, 0.2) is 9.84 Å². The van der Waals surface area contributed by atoms with E-state index in [9.17, 15) is 26.4 Å². The maximum absolute atomic E-state index is 12.4. The molecule has 6 nitrogen and oxygen atoms in total. The summed E-state index contributed by atoms with van der Waals surface area (Å²) in [6.45, 7) is -0.162. The molecule has 25 heavy (non-hydrogen) atoms. The molecular weight excluding hydrogens is 361 g/mol. The van der Waals surface area contributed by atoms with E-state index in [0.717, 1.165) is 0 Å². The number of rotatable bonds is 6. The number of benzene rings is 1. The molecule has 0 spiro atoms. The van der Waals surface area contributed by atoms with Gasteiger partial charge < -0.3 is 10.1 Å². The van der Waals surface area contributed by atoms with Gasteiger partial charge in [-0.2, -0.15) is 0 Å². The van der Waals surface area contributed by atoms with Gasteiger partial charge in [0.1, 0.15) is 5.75 Å². The van der Waals surface area contributed by atoms with E-state index in [1.54, 1.807) is 18.0 Å². The van der Waals surface area contributed by atoms with Crippen molar-refractivity contribution in [3.05, 3.63) is 29.8 Å². The van der Waals surface area contributed by atoms with Crippen LogP contribution < -0.4 is 10.1 Å². The molecule has 0 bridgehead atoms. The summed E-state index contributed by atoms with van der Waals surface area (Å²) in [5.74, 6) is -0.663. The minimum Gasteiger partial charge on any atom is -0.405 e. The average molecular weight is 380 g/mol. The predicted octanol–water partition coefficient (Wildman–Crippen LogP) is 1.32. The molecule has 0 radical (unpaired) electrons. The number of nitrogens with zero attached hydrogens (tertiary/aromatic N) is 1. The molecule has 140 valence electrons. The lowest BCUT2D eigenvalue weighted by molar-refractivity contribution is -0.274. The number of sulfone groups is 1. The van der Waals surface area contributed by atoms with Crippen molar-refractivity contribution < 1.29 is 31.1 Å². The number of alkyl halides is 3. The number of hydrogen-bond acceptors (Lipinski definition) is 5. The highest BCUT2D eigenvalue weighted by Gasteiger charge is 2.32. The third-order valence-electron chi connectivity index (χ3n) is 3.90. The lowest BCUT2D eigenvalue weighted by Gasteiger charge is -2.22.